The van der Waals surface area contributed by atoms with Crippen LogP contribution in [0.2, 0.25) is 0 Å². The molecule has 2 aliphatic rings. The molecule has 78 heavy (non-hydrogen) atoms. The van der Waals surface area contributed by atoms with Gasteiger partial charge in [0.2, 0.25) is 0 Å². The molecule has 0 bridgehead atoms. The van der Waals surface area contributed by atoms with E-state index < -0.39 is 19.1 Å². The number of halogens is 1. The second-order valence-corrected chi connectivity index (χ2v) is 18.5. The molecule has 18 nitrogen and oxygen atoms in total. The average Bonchev–Trinajstić information content (AvgIpc) is 4.24. The topological polar surface area (TPSA) is 222 Å². The fraction of sp³-hybridized carbons (Fsp3) is 0.172. The number of anilines is 2. The van der Waals surface area contributed by atoms with Crippen molar-refractivity contribution in [3.8, 4) is 34.0 Å². The Kier molecular flexibility index (Phi) is 18.1. The van der Waals surface area contributed by atoms with Crippen LogP contribution in [0.25, 0.3) is 22.5 Å². The van der Waals surface area contributed by atoms with Gasteiger partial charge >= 0.3 is 19.1 Å². The van der Waals surface area contributed by atoms with Crippen LogP contribution in [0.15, 0.2) is 146 Å². The van der Waals surface area contributed by atoms with Gasteiger partial charge in [0.25, 0.3) is 11.8 Å². The number of methoxy groups -OCH3 is 2. The Morgan fingerprint density at radius 3 is 1.40 bits per heavy atom. The molecule has 0 aliphatic carbocycles. The average molecular weight is 1160 g/mol. The van der Waals surface area contributed by atoms with E-state index in [1.54, 1.807) is 105 Å². The van der Waals surface area contributed by atoms with E-state index in [-0.39, 0.29) is 41.9 Å². The number of fused-ring (bicyclic) bond motifs is 2. The van der Waals surface area contributed by atoms with Gasteiger partial charge in [0.1, 0.15) is 29.2 Å². The summed E-state index contributed by atoms with van der Waals surface area (Å²) in [5.41, 5.74) is 7.93. The molecule has 0 unspecified atom stereocenters. The van der Waals surface area contributed by atoms with Gasteiger partial charge in [0.15, 0.2) is 17.7 Å². The molecule has 396 valence electrons. The van der Waals surface area contributed by atoms with Crippen LogP contribution in [0.4, 0.5) is 11.4 Å². The van der Waals surface area contributed by atoms with Crippen LogP contribution in [0, 0.1) is 3.57 Å². The predicted octanol–water partition coefficient (Wildman–Crippen LogP) is 7.78. The number of hydrogen-bond acceptors (Lipinski definition) is 14. The molecule has 6 aromatic carbocycles. The summed E-state index contributed by atoms with van der Waals surface area (Å²) in [7, 11) is 1.59. The van der Waals surface area contributed by atoms with E-state index in [1.807, 2.05) is 66.7 Å². The summed E-state index contributed by atoms with van der Waals surface area (Å²) in [6.07, 6.45) is 2.38. The number of benzene rings is 6. The number of carbonyl (C=O) groups is 6. The Hall–Kier alpha value is -8.73. The number of aldehydes is 2. The Labute approximate surface area is 463 Å². The quantitative estimate of drug-likeness (QED) is 0.0460. The van der Waals surface area contributed by atoms with E-state index in [4.69, 9.17) is 29.0 Å². The number of hydrogen-bond donors (Lipinski definition) is 2. The number of esters is 2. The van der Waals surface area contributed by atoms with E-state index in [0.29, 0.717) is 94.4 Å². The maximum absolute atomic E-state index is 13.8. The van der Waals surface area contributed by atoms with Crippen LogP contribution in [0.1, 0.15) is 87.6 Å². The maximum Gasteiger partial charge on any atom is 0.489 e. The molecule has 4 heterocycles. The van der Waals surface area contributed by atoms with Crippen LogP contribution in [0.5, 0.6) is 11.5 Å². The largest absolute Gasteiger partial charge is 0.497 e. The summed E-state index contributed by atoms with van der Waals surface area (Å²) in [5, 5.41) is 26.5. The number of rotatable bonds is 14. The van der Waals surface area contributed by atoms with Crippen molar-refractivity contribution in [3.05, 3.63) is 194 Å². The van der Waals surface area contributed by atoms with Gasteiger partial charge < -0.3 is 38.8 Å². The van der Waals surface area contributed by atoms with Crippen molar-refractivity contribution in [2.24, 2.45) is 0 Å². The highest BCUT2D eigenvalue weighted by Crippen LogP contribution is 2.33. The smallest absolute Gasteiger partial charge is 0.489 e. The normalized spacial score (nSPS) is 12.4. The molecule has 2 N–H and O–H groups in total. The van der Waals surface area contributed by atoms with E-state index >= 15 is 0 Å². The first-order valence-corrected chi connectivity index (χ1v) is 25.7. The Morgan fingerprint density at radius 2 is 0.987 bits per heavy atom. The molecule has 8 aromatic rings. The van der Waals surface area contributed by atoms with Crippen molar-refractivity contribution in [3.63, 3.8) is 0 Å². The third-order valence-electron chi connectivity index (χ3n) is 12.7. The van der Waals surface area contributed by atoms with Crippen molar-refractivity contribution in [1.82, 2.24) is 19.6 Å². The minimum Gasteiger partial charge on any atom is -0.497 e. The van der Waals surface area contributed by atoms with Gasteiger partial charge in [-0.15, -0.1) is 0 Å². The first kappa shape index (κ1) is 55.5. The zero-order valence-corrected chi connectivity index (χ0v) is 45.0. The minimum absolute atomic E-state index is 0.154. The highest BCUT2D eigenvalue weighted by atomic mass is 127. The second-order valence-electron chi connectivity index (χ2n) is 17.3. The highest BCUT2D eigenvalue weighted by molar-refractivity contribution is 14.1. The van der Waals surface area contributed by atoms with Gasteiger partial charge in [0, 0.05) is 50.3 Å². The van der Waals surface area contributed by atoms with Crippen LogP contribution < -0.4 is 24.7 Å². The lowest BCUT2D eigenvalue weighted by atomic mass is 9.77. The van der Waals surface area contributed by atoms with E-state index in [2.05, 4.69) is 32.8 Å². The fourth-order valence-electron chi connectivity index (χ4n) is 8.92. The summed E-state index contributed by atoms with van der Waals surface area (Å²) in [4.78, 5) is 77.7. The van der Waals surface area contributed by atoms with Crippen molar-refractivity contribution in [1.29, 1.82) is 0 Å². The van der Waals surface area contributed by atoms with Gasteiger partial charge in [-0.05, 0) is 151 Å². The first-order chi connectivity index (χ1) is 37.8. The van der Waals surface area contributed by atoms with Gasteiger partial charge in [-0.25, -0.2) is 19.0 Å². The number of carbonyl (C=O) groups excluding carboxylic acids is 6. The molecule has 0 spiro atoms. The first-order valence-electron chi connectivity index (χ1n) is 24.6. The lowest BCUT2D eigenvalue weighted by Crippen LogP contribution is -2.39. The Balaban J connectivity index is 0.000000175. The molecular weight excluding hydrogens is 1110 g/mol. The molecule has 2 aromatic heterocycles. The SMILES string of the molecule is CCOC(=O)c1nn(-c2ccc(OC)cc2)c2c1CCN(c1ccc(-c3ccccc3C=O)cc1)C2=O.CCOC(=O)c1nn(-c2ccc(OC)cc2)c2c1CCN(c1ccc(I)cc1)C2=O.O=Cc1ccccc1B(O)O. The molecular formula is C58H52BIN6O12. The van der Waals surface area contributed by atoms with Crippen molar-refractivity contribution in [2.75, 3.05) is 50.3 Å². The Morgan fingerprint density at radius 1 is 0.577 bits per heavy atom. The molecule has 0 radical (unpaired) electrons. The number of aromatic nitrogens is 4. The third kappa shape index (κ3) is 11.9. The minimum atomic E-state index is -1.57. The lowest BCUT2D eigenvalue weighted by molar-refractivity contribution is 0.0508. The van der Waals surface area contributed by atoms with Crippen molar-refractivity contribution < 1.29 is 57.8 Å². The van der Waals surface area contributed by atoms with E-state index in [9.17, 15) is 28.8 Å². The molecule has 2 amide bonds. The fourth-order valence-corrected chi connectivity index (χ4v) is 9.28. The number of ether oxygens (including phenoxy) is 4. The summed E-state index contributed by atoms with van der Waals surface area (Å²) in [5.74, 6) is -0.170. The summed E-state index contributed by atoms with van der Waals surface area (Å²) < 4.78 is 25.0. The molecule has 20 heteroatoms. The number of nitrogens with zero attached hydrogens (tertiary/aromatic N) is 6. The summed E-state index contributed by atoms with van der Waals surface area (Å²) in [6, 6.07) is 43.3. The highest BCUT2D eigenvalue weighted by Gasteiger charge is 2.37. The van der Waals surface area contributed by atoms with Crippen molar-refractivity contribution >= 4 is 82.9 Å². The predicted molar refractivity (Wildman–Crippen MR) is 301 cm³/mol. The van der Waals surface area contributed by atoms with E-state index in [0.717, 1.165) is 26.7 Å². The standard InChI is InChI=1S/C29H25N3O5.C22H20IN3O4.C7H7BO3/c1-3-37-29(35)26-25-16-17-31(21-10-8-19(9-11-21)24-7-5-4-6-20(24)18-33)28(34)27(25)32(30-26)22-12-14-23(36-2)15-13-22;1-3-30-22(28)19-18-12-13-25(15-6-4-14(23)5-7-15)21(27)20(18)26(24-19)16-8-10-17(29-2)11-9-16;9-5-6-3-1-2-4-7(6)8(10)11/h4-15,18H,3,16-17H2,1-2H3;4-11H,3,12-13H2,1-2H3;1-5,10-11H. The summed E-state index contributed by atoms with van der Waals surface area (Å²) >= 11 is 2.23. The molecule has 2 aliphatic heterocycles. The molecule has 0 saturated heterocycles. The molecule has 0 atom stereocenters. The van der Waals surface area contributed by atoms with Gasteiger partial charge in [0.05, 0.1) is 38.8 Å². The zero-order valence-electron chi connectivity index (χ0n) is 42.9. The molecule has 0 saturated carbocycles. The van der Waals surface area contributed by atoms with Crippen LogP contribution in [0.3, 0.4) is 0 Å². The van der Waals surface area contributed by atoms with E-state index in [1.165, 1.54) is 21.5 Å². The lowest BCUT2D eigenvalue weighted by Gasteiger charge is -2.28. The Bertz CT molecular complexity index is 3470. The molecule has 0 fully saturated rings. The monoisotopic (exact) mass is 1160 g/mol. The molecule has 10 rings (SSSR count). The zero-order chi connectivity index (χ0) is 55.5. The summed E-state index contributed by atoms with van der Waals surface area (Å²) in [6.45, 7) is 4.78. The van der Waals surface area contributed by atoms with Gasteiger partial charge in [-0.3, -0.25) is 19.2 Å². The van der Waals surface area contributed by atoms with Crippen LogP contribution >= 0.6 is 22.6 Å². The van der Waals surface area contributed by atoms with Crippen LogP contribution in [-0.4, -0.2) is 114 Å². The second kappa shape index (κ2) is 25.4. The van der Waals surface area contributed by atoms with Crippen molar-refractivity contribution in [2.45, 2.75) is 26.7 Å². The third-order valence-corrected chi connectivity index (χ3v) is 13.4. The van der Waals surface area contributed by atoms with Crippen LogP contribution in [-0.2, 0) is 22.3 Å². The maximum atomic E-state index is 13.8. The van der Waals surface area contributed by atoms with Gasteiger partial charge in [-0.1, -0.05) is 60.7 Å². The van der Waals surface area contributed by atoms with Gasteiger partial charge in [-0.2, -0.15) is 10.2 Å². The number of amides is 2.